The SMILES string of the molecule is CCOc1cc(/C=C/C(=O)c2ccc(F)cc2Cl)ccc1O[C@H](C)C(=O)N(C)C. The second-order valence-corrected chi connectivity index (χ2v) is 6.86. The molecule has 1 amide bonds. The number of benzene rings is 2. The number of allylic oxidation sites excluding steroid dienone is 1. The molecule has 0 saturated heterocycles. The smallest absolute Gasteiger partial charge is 0.262 e. The maximum atomic E-state index is 13.1. The molecule has 2 aromatic rings. The highest BCUT2D eigenvalue weighted by atomic mass is 35.5. The van der Waals surface area contributed by atoms with Gasteiger partial charge in [-0.3, -0.25) is 9.59 Å². The Kier molecular flexibility index (Phi) is 7.79. The van der Waals surface area contributed by atoms with E-state index in [2.05, 4.69) is 0 Å². The van der Waals surface area contributed by atoms with Crippen LogP contribution < -0.4 is 9.47 Å². The van der Waals surface area contributed by atoms with Gasteiger partial charge in [0.15, 0.2) is 23.4 Å². The Morgan fingerprint density at radius 2 is 1.90 bits per heavy atom. The molecular weight excluding hydrogens is 397 g/mol. The average Bonchev–Trinajstić information content (AvgIpc) is 2.67. The molecule has 0 spiro atoms. The fraction of sp³-hybridized carbons (Fsp3) is 0.273. The molecule has 0 saturated carbocycles. The molecule has 5 nitrogen and oxygen atoms in total. The lowest BCUT2D eigenvalue weighted by molar-refractivity contribution is -0.135. The molecule has 1 atom stereocenters. The minimum Gasteiger partial charge on any atom is -0.490 e. The molecular formula is C22H23ClFNO4. The van der Waals surface area contributed by atoms with E-state index in [0.717, 1.165) is 6.07 Å². The summed E-state index contributed by atoms with van der Waals surface area (Å²) in [4.78, 5) is 25.8. The highest BCUT2D eigenvalue weighted by Crippen LogP contribution is 2.30. The summed E-state index contributed by atoms with van der Waals surface area (Å²) < 4.78 is 24.5. The van der Waals surface area contributed by atoms with E-state index < -0.39 is 11.9 Å². The quantitative estimate of drug-likeness (QED) is 0.462. The fourth-order valence-electron chi connectivity index (χ4n) is 2.55. The van der Waals surface area contributed by atoms with Crippen LogP contribution in [-0.4, -0.2) is 43.4 Å². The monoisotopic (exact) mass is 419 g/mol. The van der Waals surface area contributed by atoms with E-state index >= 15 is 0 Å². The average molecular weight is 420 g/mol. The van der Waals surface area contributed by atoms with Crippen molar-refractivity contribution in [3.05, 3.63) is 64.4 Å². The Hall–Kier alpha value is -2.86. The van der Waals surface area contributed by atoms with Crippen LogP contribution in [0.3, 0.4) is 0 Å². The van der Waals surface area contributed by atoms with E-state index in [9.17, 15) is 14.0 Å². The number of carbonyl (C=O) groups is 2. The van der Waals surface area contributed by atoms with E-state index in [1.807, 2.05) is 6.92 Å². The molecule has 154 valence electrons. The zero-order valence-electron chi connectivity index (χ0n) is 16.7. The van der Waals surface area contributed by atoms with Crippen molar-refractivity contribution in [1.29, 1.82) is 0 Å². The van der Waals surface area contributed by atoms with Gasteiger partial charge < -0.3 is 14.4 Å². The number of hydrogen-bond donors (Lipinski definition) is 0. The first-order chi connectivity index (χ1) is 13.7. The summed E-state index contributed by atoms with van der Waals surface area (Å²) in [6, 6.07) is 8.75. The van der Waals surface area contributed by atoms with Gasteiger partial charge in [0.2, 0.25) is 0 Å². The van der Waals surface area contributed by atoms with Gasteiger partial charge in [-0.05, 0) is 55.8 Å². The molecule has 0 radical (unpaired) electrons. The lowest BCUT2D eigenvalue weighted by Crippen LogP contribution is -2.35. The van der Waals surface area contributed by atoms with Gasteiger partial charge in [-0.1, -0.05) is 23.7 Å². The highest BCUT2D eigenvalue weighted by molar-refractivity contribution is 6.34. The van der Waals surface area contributed by atoms with Gasteiger partial charge in [-0.25, -0.2) is 4.39 Å². The van der Waals surface area contributed by atoms with Crippen LogP contribution >= 0.6 is 11.6 Å². The molecule has 0 bridgehead atoms. The number of carbonyl (C=O) groups excluding carboxylic acids is 2. The third-order valence-electron chi connectivity index (χ3n) is 3.98. The van der Waals surface area contributed by atoms with Gasteiger partial charge in [0.05, 0.1) is 11.6 Å². The van der Waals surface area contributed by atoms with Crippen LogP contribution in [0.25, 0.3) is 6.08 Å². The standard InChI is InChI=1S/C22H23ClFNO4/c1-5-28-21-12-15(7-11-20(21)29-14(2)22(27)25(3)4)6-10-19(26)17-9-8-16(24)13-18(17)23/h6-14H,5H2,1-4H3/b10-6+/t14-/m1/s1. The van der Waals surface area contributed by atoms with Crippen LogP contribution in [0.1, 0.15) is 29.8 Å². The van der Waals surface area contributed by atoms with Crippen molar-refractivity contribution in [2.24, 2.45) is 0 Å². The van der Waals surface area contributed by atoms with E-state index in [1.165, 1.54) is 23.1 Å². The summed E-state index contributed by atoms with van der Waals surface area (Å²) in [5.41, 5.74) is 0.907. The predicted molar refractivity (Wildman–Crippen MR) is 111 cm³/mol. The maximum Gasteiger partial charge on any atom is 0.262 e. The first-order valence-electron chi connectivity index (χ1n) is 9.05. The van der Waals surface area contributed by atoms with Crippen LogP contribution in [0, 0.1) is 5.82 Å². The van der Waals surface area contributed by atoms with Crippen molar-refractivity contribution in [1.82, 2.24) is 4.90 Å². The minimum atomic E-state index is -0.673. The maximum absolute atomic E-state index is 13.1. The summed E-state index contributed by atoms with van der Waals surface area (Å²) in [7, 11) is 3.31. The van der Waals surface area contributed by atoms with Crippen molar-refractivity contribution < 1.29 is 23.5 Å². The lowest BCUT2D eigenvalue weighted by Gasteiger charge is -2.20. The highest BCUT2D eigenvalue weighted by Gasteiger charge is 2.18. The number of hydrogen-bond acceptors (Lipinski definition) is 4. The molecule has 7 heteroatoms. The summed E-state index contributed by atoms with van der Waals surface area (Å²) in [5, 5.41) is 0.0537. The van der Waals surface area contributed by atoms with Gasteiger partial charge in [0, 0.05) is 19.7 Å². The fourth-order valence-corrected chi connectivity index (χ4v) is 2.81. The first kappa shape index (κ1) is 22.4. The van der Waals surface area contributed by atoms with E-state index in [-0.39, 0.29) is 22.3 Å². The molecule has 0 aliphatic carbocycles. The predicted octanol–water partition coefficient (Wildman–Crippen LogP) is 4.63. The molecule has 29 heavy (non-hydrogen) atoms. The molecule has 0 aromatic heterocycles. The largest absolute Gasteiger partial charge is 0.490 e. The van der Waals surface area contributed by atoms with Crippen molar-refractivity contribution in [3.63, 3.8) is 0 Å². The van der Waals surface area contributed by atoms with E-state index in [1.54, 1.807) is 45.3 Å². The normalized spacial score (nSPS) is 11.9. The molecule has 2 aromatic carbocycles. The van der Waals surface area contributed by atoms with Crippen LogP contribution in [-0.2, 0) is 4.79 Å². The topological polar surface area (TPSA) is 55.8 Å². The summed E-state index contributed by atoms with van der Waals surface area (Å²) in [5.74, 6) is -0.133. The molecule has 0 heterocycles. The van der Waals surface area contributed by atoms with Gasteiger partial charge in [-0.2, -0.15) is 0 Å². The number of nitrogens with zero attached hydrogens (tertiary/aromatic N) is 1. The molecule has 0 N–H and O–H groups in total. The lowest BCUT2D eigenvalue weighted by atomic mass is 10.1. The second kappa shape index (κ2) is 10.1. The van der Waals surface area contributed by atoms with Gasteiger partial charge >= 0.3 is 0 Å². The van der Waals surface area contributed by atoms with Crippen molar-refractivity contribution in [2.45, 2.75) is 20.0 Å². The molecule has 0 aliphatic rings. The number of likely N-dealkylation sites (N-methyl/N-ethyl adjacent to an activating group) is 1. The van der Waals surface area contributed by atoms with E-state index in [4.69, 9.17) is 21.1 Å². The Labute approximate surface area is 174 Å². The summed E-state index contributed by atoms with van der Waals surface area (Å²) in [6.45, 7) is 3.90. The van der Waals surface area contributed by atoms with Crippen molar-refractivity contribution in [2.75, 3.05) is 20.7 Å². The zero-order valence-corrected chi connectivity index (χ0v) is 17.5. The Bertz CT molecular complexity index is 927. The second-order valence-electron chi connectivity index (χ2n) is 6.45. The summed E-state index contributed by atoms with van der Waals surface area (Å²) >= 11 is 5.93. The number of halogens is 2. The summed E-state index contributed by atoms with van der Waals surface area (Å²) in [6.07, 6.45) is 2.28. The van der Waals surface area contributed by atoms with Gasteiger partial charge in [-0.15, -0.1) is 0 Å². The Morgan fingerprint density at radius 3 is 2.52 bits per heavy atom. The van der Waals surface area contributed by atoms with Gasteiger partial charge in [0.1, 0.15) is 5.82 Å². The van der Waals surface area contributed by atoms with Crippen LogP contribution in [0.5, 0.6) is 11.5 Å². The zero-order chi connectivity index (χ0) is 21.6. The Morgan fingerprint density at radius 1 is 1.17 bits per heavy atom. The van der Waals surface area contributed by atoms with Crippen molar-refractivity contribution >= 4 is 29.4 Å². The first-order valence-corrected chi connectivity index (χ1v) is 9.42. The van der Waals surface area contributed by atoms with Crippen LogP contribution in [0.15, 0.2) is 42.5 Å². The minimum absolute atomic E-state index is 0.0537. The number of rotatable bonds is 8. The van der Waals surface area contributed by atoms with E-state index in [0.29, 0.717) is 23.7 Å². The molecule has 0 aliphatic heterocycles. The third-order valence-corrected chi connectivity index (χ3v) is 4.30. The third kappa shape index (κ3) is 6.06. The number of amides is 1. The molecule has 2 rings (SSSR count). The molecule has 0 unspecified atom stereocenters. The number of ether oxygens (including phenoxy) is 2. The Balaban J connectivity index is 2.21. The van der Waals surface area contributed by atoms with Crippen LogP contribution in [0.4, 0.5) is 4.39 Å². The van der Waals surface area contributed by atoms with Gasteiger partial charge in [0.25, 0.3) is 5.91 Å². The molecule has 0 fully saturated rings. The van der Waals surface area contributed by atoms with Crippen molar-refractivity contribution in [3.8, 4) is 11.5 Å². The number of ketones is 1. The van der Waals surface area contributed by atoms with Crippen LogP contribution in [0.2, 0.25) is 5.02 Å².